The minimum absolute atomic E-state index is 0.00665. The lowest BCUT2D eigenvalue weighted by molar-refractivity contribution is -0.0943. The Morgan fingerprint density at radius 3 is 1.40 bits per heavy atom. The van der Waals surface area contributed by atoms with Crippen molar-refractivity contribution in [3.63, 3.8) is 0 Å². The molecule has 4 N–H and O–H groups in total. The van der Waals surface area contributed by atoms with Crippen LogP contribution in [0.15, 0.2) is 0 Å². The summed E-state index contributed by atoms with van der Waals surface area (Å²) in [4.78, 5) is 0. The summed E-state index contributed by atoms with van der Waals surface area (Å²) in [6.07, 6.45) is 6.30. The summed E-state index contributed by atoms with van der Waals surface area (Å²) in [5.74, 6) is 0. The van der Waals surface area contributed by atoms with E-state index in [0.717, 1.165) is 38.5 Å². The van der Waals surface area contributed by atoms with Gasteiger partial charge in [0.1, 0.15) is 0 Å². The second kappa shape index (κ2) is 22.8. The third-order valence-corrected chi connectivity index (χ3v) is 6.06. The molecular formula is C27H58N2O6. The average molecular weight is 507 g/mol. The molecule has 35 heavy (non-hydrogen) atoms. The summed E-state index contributed by atoms with van der Waals surface area (Å²) in [7, 11) is 0. The van der Waals surface area contributed by atoms with Gasteiger partial charge in [0.15, 0.2) is 0 Å². The second-order valence-corrected chi connectivity index (χ2v) is 9.92. The highest BCUT2D eigenvalue weighted by atomic mass is 16.6. The van der Waals surface area contributed by atoms with Gasteiger partial charge in [0, 0.05) is 18.6 Å². The van der Waals surface area contributed by atoms with Gasteiger partial charge >= 0.3 is 0 Å². The van der Waals surface area contributed by atoms with E-state index >= 15 is 0 Å². The highest BCUT2D eigenvalue weighted by Crippen LogP contribution is 2.30. The van der Waals surface area contributed by atoms with Crippen molar-refractivity contribution in [1.82, 2.24) is 0 Å². The third kappa shape index (κ3) is 19.5. The number of hydrogen-bond donors (Lipinski definition) is 2. The highest BCUT2D eigenvalue weighted by molar-refractivity contribution is 4.78. The summed E-state index contributed by atoms with van der Waals surface area (Å²) in [5, 5.41) is 0. The van der Waals surface area contributed by atoms with Gasteiger partial charge in [-0.15, -0.1) is 0 Å². The van der Waals surface area contributed by atoms with E-state index in [0.29, 0.717) is 65.9 Å². The Morgan fingerprint density at radius 1 is 0.600 bits per heavy atom. The number of ether oxygens (including phenoxy) is 6. The monoisotopic (exact) mass is 506 g/mol. The van der Waals surface area contributed by atoms with Crippen molar-refractivity contribution in [3.8, 4) is 0 Å². The van der Waals surface area contributed by atoms with Gasteiger partial charge in [-0.1, -0.05) is 26.7 Å². The lowest BCUT2D eigenvalue weighted by atomic mass is 9.81. The summed E-state index contributed by atoms with van der Waals surface area (Å²) in [6.45, 7) is 18.8. The molecule has 0 aliphatic rings. The van der Waals surface area contributed by atoms with Crippen molar-refractivity contribution in [1.29, 1.82) is 0 Å². The van der Waals surface area contributed by atoms with Crippen LogP contribution in [0.2, 0.25) is 0 Å². The van der Waals surface area contributed by atoms with Crippen LogP contribution in [0.5, 0.6) is 0 Å². The second-order valence-electron chi connectivity index (χ2n) is 9.92. The van der Waals surface area contributed by atoms with Crippen molar-refractivity contribution in [2.75, 3.05) is 65.9 Å². The van der Waals surface area contributed by atoms with Crippen LogP contribution in [-0.2, 0) is 28.4 Å². The molecule has 0 aliphatic heterocycles. The Labute approximate surface area is 216 Å². The standard InChI is InChI=1S/C27H58N2O6/c1-7-9-12-27(8-2,21-30-17-23(3)34-19-25(5)32-15-10-13-28)22-31-18-24(4)35-20-26(6)33-16-11-14-29/h23-26H,7-22,28-29H2,1-6H3. The highest BCUT2D eigenvalue weighted by Gasteiger charge is 2.29. The molecule has 8 nitrogen and oxygen atoms in total. The quantitative estimate of drug-likeness (QED) is 0.170. The molecule has 0 saturated carbocycles. The molecule has 0 rings (SSSR count). The van der Waals surface area contributed by atoms with E-state index in [1.54, 1.807) is 0 Å². The maximum Gasteiger partial charge on any atom is 0.0781 e. The predicted octanol–water partition coefficient (Wildman–Crippen LogP) is 3.92. The van der Waals surface area contributed by atoms with Crippen LogP contribution in [0, 0.1) is 5.41 Å². The topological polar surface area (TPSA) is 107 Å². The number of rotatable bonds is 26. The zero-order chi connectivity index (χ0) is 26.4. The van der Waals surface area contributed by atoms with E-state index in [9.17, 15) is 0 Å². The Morgan fingerprint density at radius 2 is 1.03 bits per heavy atom. The summed E-state index contributed by atoms with van der Waals surface area (Å²) in [6, 6.07) is 0. The molecule has 0 bridgehead atoms. The molecule has 0 radical (unpaired) electrons. The van der Waals surface area contributed by atoms with Gasteiger partial charge in [0.05, 0.1) is 64.1 Å². The molecule has 0 aromatic rings. The van der Waals surface area contributed by atoms with E-state index in [4.69, 9.17) is 39.9 Å². The van der Waals surface area contributed by atoms with Gasteiger partial charge < -0.3 is 39.9 Å². The third-order valence-electron chi connectivity index (χ3n) is 6.06. The van der Waals surface area contributed by atoms with Crippen LogP contribution < -0.4 is 11.5 Å². The summed E-state index contributed by atoms with van der Waals surface area (Å²) >= 11 is 0. The minimum Gasteiger partial charge on any atom is -0.378 e. The van der Waals surface area contributed by atoms with E-state index in [2.05, 4.69) is 13.8 Å². The number of hydrogen-bond acceptors (Lipinski definition) is 8. The molecule has 0 saturated heterocycles. The molecule has 4 unspecified atom stereocenters. The van der Waals surface area contributed by atoms with Gasteiger partial charge in [-0.05, 0) is 66.5 Å². The Balaban J connectivity index is 4.37. The van der Waals surface area contributed by atoms with Gasteiger partial charge in [-0.2, -0.15) is 0 Å². The molecule has 0 aliphatic carbocycles. The Kier molecular flexibility index (Phi) is 22.6. The molecule has 0 heterocycles. The first kappa shape index (κ1) is 34.7. The predicted molar refractivity (Wildman–Crippen MR) is 143 cm³/mol. The summed E-state index contributed by atoms with van der Waals surface area (Å²) < 4.78 is 35.5. The lowest BCUT2D eigenvalue weighted by Gasteiger charge is -2.33. The van der Waals surface area contributed by atoms with Crippen LogP contribution >= 0.6 is 0 Å². The van der Waals surface area contributed by atoms with Crippen LogP contribution in [0.4, 0.5) is 0 Å². The molecule has 0 fully saturated rings. The maximum atomic E-state index is 6.14. The molecule has 0 aromatic carbocycles. The molecule has 4 atom stereocenters. The van der Waals surface area contributed by atoms with Crippen molar-refractivity contribution >= 4 is 0 Å². The fourth-order valence-corrected chi connectivity index (χ4v) is 3.53. The zero-order valence-corrected chi connectivity index (χ0v) is 23.7. The lowest BCUT2D eigenvalue weighted by Crippen LogP contribution is -2.35. The zero-order valence-electron chi connectivity index (χ0n) is 23.7. The van der Waals surface area contributed by atoms with E-state index in [1.165, 1.54) is 0 Å². The molecule has 0 aromatic heterocycles. The van der Waals surface area contributed by atoms with E-state index in [-0.39, 0.29) is 29.8 Å². The summed E-state index contributed by atoms with van der Waals surface area (Å²) in [5.41, 5.74) is 11.0. The van der Waals surface area contributed by atoms with Crippen LogP contribution in [0.3, 0.4) is 0 Å². The molecule has 0 spiro atoms. The first-order valence-electron chi connectivity index (χ1n) is 13.8. The number of nitrogens with two attached hydrogens (primary N) is 2. The van der Waals surface area contributed by atoms with Crippen LogP contribution in [0.1, 0.15) is 80.1 Å². The van der Waals surface area contributed by atoms with Crippen LogP contribution in [0.25, 0.3) is 0 Å². The molecule has 0 amide bonds. The molecular weight excluding hydrogens is 448 g/mol. The van der Waals surface area contributed by atoms with Crippen molar-refractivity contribution < 1.29 is 28.4 Å². The van der Waals surface area contributed by atoms with Crippen LogP contribution in [-0.4, -0.2) is 90.4 Å². The molecule has 212 valence electrons. The largest absolute Gasteiger partial charge is 0.378 e. The van der Waals surface area contributed by atoms with Gasteiger partial charge in [0.25, 0.3) is 0 Å². The van der Waals surface area contributed by atoms with Crippen molar-refractivity contribution in [2.24, 2.45) is 16.9 Å². The fraction of sp³-hybridized carbons (Fsp3) is 1.00. The average Bonchev–Trinajstić information content (AvgIpc) is 2.84. The van der Waals surface area contributed by atoms with Crippen molar-refractivity contribution in [2.45, 2.75) is 104 Å². The Hall–Kier alpha value is -0.320. The normalized spacial score (nSPS) is 17.1. The first-order chi connectivity index (χ1) is 16.8. The van der Waals surface area contributed by atoms with Gasteiger partial charge in [0.2, 0.25) is 0 Å². The van der Waals surface area contributed by atoms with Gasteiger partial charge in [-0.25, -0.2) is 0 Å². The first-order valence-corrected chi connectivity index (χ1v) is 13.8. The maximum absolute atomic E-state index is 6.14. The van der Waals surface area contributed by atoms with Gasteiger partial charge in [-0.3, -0.25) is 0 Å². The Bertz CT molecular complexity index is 425. The fourth-order valence-electron chi connectivity index (χ4n) is 3.53. The SMILES string of the molecule is CCCCC(CC)(COCC(C)OCC(C)OCCCN)COCC(C)OCC(C)OCCCN. The number of unbranched alkanes of at least 4 members (excludes halogenated alkanes) is 1. The van der Waals surface area contributed by atoms with E-state index in [1.807, 2.05) is 27.7 Å². The van der Waals surface area contributed by atoms with E-state index < -0.39 is 0 Å². The van der Waals surface area contributed by atoms with Crippen molar-refractivity contribution in [3.05, 3.63) is 0 Å². The minimum atomic E-state index is 0.00665. The smallest absolute Gasteiger partial charge is 0.0781 e. The molecule has 8 heteroatoms.